The van der Waals surface area contributed by atoms with E-state index in [4.69, 9.17) is 15.4 Å². The smallest absolute Gasteiger partial charge is 0.264 e. The van der Waals surface area contributed by atoms with E-state index in [1.165, 1.54) is 12.4 Å². The Balaban J connectivity index is 2.04. The van der Waals surface area contributed by atoms with Crippen LogP contribution >= 0.6 is 10.7 Å². The number of aromatic nitrogens is 2. The van der Waals surface area contributed by atoms with E-state index in [0.29, 0.717) is 6.54 Å². The van der Waals surface area contributed by atoms with Crippen molar-refractivity contribution in [3.05, 3.63) is 12.4 Å². The molecule has 0 aliphatic carbocycles. The molecule has 1 saturated heterocycles. The molecule has 0 N–H and O–H groups in total. The molecule has 1 aliphatic heterocycles. The third-order valence-electron chi connectivity index (χ3n) is 2.84. The molecule has 2 heterocycles. The highest BCUT2D eigenvalue weighted by Crippen LogP contribution is 2.30. The highest BCUT2D eigenvalue weighted by molar-refractivity contribution is 8.13. The fourth-order valence-electron chi connectivity index (χ4n) is 1.99. The summed E-state index contributed by atoms with van der Waals surface area (Å²) in [6.07, 6.45) is 4.71. The van der Waals surface area contributed by atoms with Gasteiger partial charge in [-0.3, -0.25) is 4.68 Å². The SMILES string of the molecule is CC1(C)CCC(Cn2cc(S(=O)(=O)Cl)cn2)O1. The topological polar surface area (TPSA) is 61.2 Å². The Morgan fingerprint density at radius 2 is 2.35 bits per heavy atom. The zero-order valence-corrected chi connectivity index (χ0v) is 11.3. The lowest BCUT2D eigenvalue weighted by molar-refractivity contribution is -0.0230. The van der Waals surface area contributed by atoms with Crippen LogP contribution in [-0.2, 0) is 20.3 Å². The van der Waals surface area contributed by atoms with Crippen LogP contribution in [0, 0.1) is 0 Å². The second-order valence-electron chi connectivity index (χ2n) is 4.87. The largest absolute Gasteiger partial charge is 0.370 e. The van der Waals surface area contributed by atoms with Crippen molar-refractivity contribution in [2.24, 2.45) is 0 Å². The van der Waals surface area contributed by atoms with Crippen molar-refractivity contribution in [1.82, 2.24) is 9.78 Å². The molecule has 1 aromatic heterocycles. The predicted molar refractivity (Wildman–Crippen MR) is 63.5 cm³/mol. The average Bonchev–Trinajstić information content (AvgIpc) is 2.72. The van der Waals surface area contributed by atoms with Gasteiger partial charge in [-0.25, -0.2) is 8.42 Å². The van der Waals surface area contributed by atoms with Gasteiger partial charge in [-0.05, 0) is 26.7 Å². The highest BCUT2D eigenvalue weighted by atomic mass is 35.7. The molecule has 0 aromatic carbocycles. The lowest BCUT2D eigenvalue weighted by atomic mass is 10.1. The fourth-order valence-corrected chi connectivity index (χ4v) is 2.64. The zero-order chi connectivity index (χ0) is 12.7. The van der Waals surface area contributed by atoms with Crippen LogP contribution in [0.5, 0.6) is 0 Å². The maximum Gasteiger partial charge on any atom is 0.264 e. The summed E-state index contributed by atoms with van der Waals surface area (Å²) in [5, 5.41) is 3.97. The summed E-state index contributed by atoms with van der Waals surface area (Å²) in [7, 11) is 1.53. The van der Waals surface area contributed by atoms with Crippen molar-refractivity contribution in [3.8, 4) is 0 Å². The first-order chi connectivity index (χ1) is 7.76. The minimum atomic E-state index is -3.69. The summed E-state index contributed by atoms with van der Waals surface area (Å²) in [4.78, 5) is 0.0245. The molecular formula is C10H15ClN2O3S. The Kier molecular flexibility index (Phi) is 3.22. The first-order valence-corrected chi connectivity index (χ1v) is 7.72. The van der Waals surface area contributed by atoms with Gasteiger partial charge >= 0.3 is 0 Å². The highest BCUT2D eigenvalue weighted by Gasteiger charge is 2.31. The number of hydrogen-bond donors (Lipinski definition) is 0. The summed E-state index contributed by atoms with van der Waals surface area (Å²) in [6, 6.07) is 0. The van der Waals surface area contributed by atoms with Gasteiger partial charge in [0.1, 0.15) is 4.90 Å². The molecule has 2 rings (SSSR count). The summed E-state index contributed by atoms with van der Waals surface area (Å²) in [5.41, 5.74) is -0.0980. The van der Waals surface area contributed by atoms with Gasteiger partial charge < -0.3 is 4.74 Å². The number of nitrogens with zero attached hydrogens (tertiary/aromatic N) is 2. The third-order valence-corrected chi connectivity index (χ3v) is 4.14. The van der Waals surface area contributed by atoms with Crippen LogP contribution in [0.1, 0.15) is 26.7 Å². The van der Waals surface area contributed by atoms with Gasteiger partial charge in [0.25, 0.3) is 9.05 Å². The van der Waals surface area contributed by atoms with E-state index < -0.39 is 9.05 Å². The minimum absolute atomic E-state index is 0.0245. The summed E-state index contributed by atoms with van der Waals surface area (Å²) < 4.78 is 29.5. The Labute approximate surface area is 105 Å². The molecule has 17 heavy (non-hydrogen) atoms. The monoisotopic (exact) mass is 278 g/mol. The van der Waals surface area contributed by atoms with Gasteiger partial charge in [-0.2, -0.15) is 5.10 Å². The van der Waals surface area contributed by atoms with Crippen molar-refractivity contribution in [1.29, 1.82) is 0 Å². The van der Waals surface area contributed by atoms with Crippen molar-refractivity contribution in [3.63, 3.8) is 0 Å². The van der Waals surface area contributed by atoms with E-state index in [1.54, 1.807) is 4.68 Å². The second-order valence-corrected chi connectivity index (χ2v) is 7.44. The molecular weight excluding hydrogens is 264 g/mol. The molecule has 0 bridgehead atoms. The molecule has 1 fully saturated rings. The van der Waals surface area contributed by atoms with Crippen molar-refractivity contribution < 1.29 is 13.2 Å². The van der Waals surface area contributed by atoms with Crippen LogP contribution in [0.15, 0.2) is 17.3 Å². The molecule has 96 valence electrons. The quantitative estimate of drug-likeness (QED) is 0.791. The van der Waals surface area contributed by atoms with Crippen LogP contribution in [0.3, 0.4) is 0 Å². The second kappa shape index (κ2) is 4.26. The maximum atomic E-state index is 11.1. The standard InChI is InChI=1S/C10H15ClN2O3S/c1-10(2)4-3-8(16-10)6-13-7-9(5-12-13)17(11,14)15/h5,7-8H,3-4,6H2,1-2H3. The molecule has 0 spiro atoms. The van der Waals surface area contributed by atoms with E-state index >= 15 is 0 Å². The lowest BCUT2D eigenvalue weighted by Gasteiger charge is -2.19. The van der Waals surface area contributed by atoms with Gasteiger partial charge in [0.2, 0.25) is 0 Å². The molecule has 5 nitrogen and oxygen atoms in total. The van der Waals surface area contributed by atoms with E-state index in [-0.39, 0.29) is 16.6 Å². The zero-order valence-electron chi connectivity index (χ0n) is 9.76. The fraction of sp³-hybridized carbons (Fsp3) is 0.700. The van der Waals surface area contributed by atoms with Crippen molar-refractivity contribution in [2.45, 2.75) is 49.8 Å². The Bertz CT molecular complexity index is 509. The summed E-state index contributed by atoms with van der Waals surface area (Å²) >= 11 is 0. The lowest BCUT2D eigenvalue weighted by Crippen LogP contribution is -2.23. The molecule has 1 unspecified atom stereocenters. The van der Waals surface area contributed by atoms with E-state index in [9.17, 15) is 8.42 Å². The predicted octanol–water partition coefficient (Wildman–Crippen LogP) is 1.77. The molecule has 0 radical (unpaired) electrons. The number of halogens is 1. The molecule has 0 saturated carbocycles. The normalized spacial score (nSPS) is 24.1. The Morgan fingerprint density at radius 1 is 1.65 bits per heavy atom. The van der Waals surface area contributed by atoms with Gasteiger partial charge in [-0.1, -0.05) is 0 Å². The molecule has 1 aromatic rings. The van der Waals surface area contributed by atoms with Crippen LogP contribution < -0.4 is 0 Å². The van der Waals surface area contributed by atoms with E-state index in [1.807, 2.05) is 13.8 Å². The Hall–Kier alpha value is -0.590. The van der Waals surface area contributed by atoms with Gasteiger partial charge in [-0.15, -0.1) is 0 Å². The summed E-state index contributed by atoms with van der Waals surface area (Å²) in [5.74, 6) is 0. The first-order valence-electron chi connectivity index (χ1n) is 5.41. The van der Waals surface area contributed by atoms with Crippen LogP contribution in [0.2, 0.25) is 0 Å². The molecule has 1 aliphatic rings. The van der Waals surface area contributed by atoms with Crippen LogP contribution in [-0.4, -0.2) is 29.9 Å². The van der Waals surface area contributed by atoms with Crippen LogP contribution in [0.4, 0.5) is 0 Å². The number of hydrogen-bond acceptors (Lipinski definition) is 4. The van der Waals surface area contributed by atoms with Gasteiger partial charge in [0, 0.05) is 16.9 Å². The molecule has 7 heteroatoms. The van der Waals surface area contributed by atoms with E-state index in [2.05, 4.69) is 5.10 Å². The van der Waals surface area contributed by atoms with Crippen LogP contribution in [0.25, 0.3) is 0 Å². The first kappa shape index (κ1) is 12.9. The number of ether oxygens (including phenoxy) is 1. The van der Waals surface area contributed by atoms with Crippen molar-refractivity contribution >= 4 is 19.7 Å². The average molecular weight is 279 g/mol. The minimum Gasteiger partial charge on any atom is -0.370 e. The summed E-state index contributed by atoms with van der Waals surface area (Å²) in [6.45, 7) is 4.64. The van der Waals surface area contributed by atoms with Gasteiger partial charge in [0.05, 0.1) is 24.4 Å². The number of rotatable bonds is 3. The molecule has 0 amide bonds. The van der Waals surface area contributed by atoms with Crippen molar-refractivity contribution in [2.75, 3.05) is 0 Å². The van der Waals surface area contributed by atoms with Gasteiger partial charge in [0.15, 0.2) is 0 Å². The molecule has 1 atom stereocenters. The van der Waals surface area contributed by atoms with E-state index in [0.717, 1.165) is 12.8 Å². The maximum absolute atomic E-state index is 11.1. The Morgan fingerprint density at radius 3 is 2.82 bits per heavy atom. The third kappa shape index (κ3) is 3.20.